The molecule has 210 valence electrons. The Balaban J connectivity index is 1.36. The summed E-state index contributed by atoms with van der Waals surface area (Å²) in [5, 5.41) is 17.2. The lowest BCUT2D eigenvalue weighted by atomic mass is 9.49. The highest BCUT2D eigenvalue weighted by molar-refractivity contribution is 6.31. The van der Waals surface area contributed by atoms with Crippen LogP contribution in [0.2, 0.25) is 5.02 Å². The van der Waals surface area contributed by atoms with Crippen molar-refractivity contribution in [3.8, 4) is 11.8 Å². The van der Waals surface area contributed by atoms with Crippen LogP contribution in [0.5, 0.6) is 5.75 Å². The normalized spacial score (nSPS) is 22.4. The van der Waals surface area contributed by atoms with Crippen LogP contribution in [0.25, 0.3) is 0 Å². The van der Waals surface area contributed by atoms with E-state index in [1.165, 1.54) is 0 Å². The number of hydrogen-bond acceptors (Lipinski definition) is 6. The molecule has 1 N–H and O–H groups in total. The summed E-state index contributed by atoms with van der Waals surface area (Å²) < 4.78 is 13.6. The number of amides is 2. The smallest absolute Gasteiger partial charge is 0.410 e. The number of benzene rings is 1. The van der Waals surface area contributed by atoms with E-state index in [1.54, 1.807) is 29.2 Å². The summed E-state index contributed by atoms with van der Waals surface area (Å²) in [6, 6.07) is 8.79. The van der Waals surface area contributed by atoms with Gasteiger partial charge in [0.2, 0.25) is 0 Å². The summed E-state index contributed by atoms with van der Waals surface area (Å²) in [5.74, 6) is 0.359. The van der Waals surface area contributed by atoms with Gasteiger partial charge in [-0.3, -0.25) is 9.48 Å². The van der Waals surface area contributed by atoms with Crippen molar-refractivity contribution in [1.29, 1.82) is 5.26 Å². The van der Waals surface area contributed by atoms with E-state index < -0.39 is 5.60 Å². The third-order valence-corrected chi connectivity index (χ3v) is 8.07. The molecular weight excluding hydrogens is 518 g/mol. The largest absolute Gasteiger partial charge is 0.489 e. The Morgan fingerprint density at radius 3 is 2.33 bits per heavy atom. The first-order valence-corrected chi connectivity index (χ1v) is 13.7. The molecule has 10 heteroatoms. The lowest BCUT2D eigenvalue weighted by Crippen LogP contribution is -2.74. The fraction of sp³-hybridized carbons (Fsp3) is 0.586. The second-order valence-corrected chi connectivity index (χ2v) is 13.1. The van der Waals surface area contributed by atoms with Gasteiger partial charge in [0, 0.05) is 42.2 Å². The fourth-order valence-corrected chi connectivity index (χ4v) is 6.32. The Bertz CT molecular complexity index is 1270. The standard InChI is InChI=1S/C29H38ClN5O4/c1-27(2,3)39-26(37)34-13-10-19(11-14-34)35-15-12-22(33-35)23(36)32-24-28(4,5)25(29(24,6)7)38-20-9-8-18(17-31)21(30)16-20/h8-9,12,15-16,19,24-25H,10-11,13-14H2,1-7H3,(H,32,36). The van der Waals surface area contributed by atoms with Gasteiger partial charge < -0.3 is 19.7 Å². The molecule has 1 aliphatic carbocycles. The molecule has 2 fully saturated rings. The van der Waals surface area contributed by atoms with Crippen molar-refractivity contribution in [3.05, 3.63) is 46.7 Å². The van der Waals surface area contributed by atoms with Gasteiger partial charge in [-0.1, -0.05) is 39.3 Å². The second-order valence-electron chi connectivity index (χ2n) is 12.7. The van der Waals surface area contributed by atoms with Crippen molar-refractivity contribution in [2.45, 2.75) is 85.1 Å². The van der Waals surface area contributed by atoms with Gasteiger partial charge in [0.1, 0.15) is 29.2 Å². The lowest BCUT2D eigenvalue weighted by molar-refractivity contribution is -0.164. The van der Waals surface area contributed by atoms with Gasteiger partial charge in [0.15, 0.2) is 0 Å². The summed E-state index contributed by atoms with van der Waals surface area (Å²) in [6.45, 7) is 15.0. The van der Waals surface area contributed by atoms with Crippen LogP contribution in [0.4, 0.5) is 4.79 Å². The van der Waals surface area contributed by atoms with Gasteiger partial charge in [-0.15, -0.1) is 0 Å². The number of carbonyl (C=O) groups is 2. The molecule has 2 amide bonds. The Labute approximate surface area is 235 Å². The molecule has 4 rings (SSSR count). The number of halogens is 1. The maximum Gasteiger partial charge on any atom is 0.410 e. The van der Waals surface area contributed by atoms with E-state index in [1.807, 2.05) is 31.6 Å². The number of piperidine rings is 1. The van der Waals surface area contributed by atoms with Crippen molar-refractivity contribution in [2.75, 3.05) is 13.1 Å². The number of aromatic nitrogens is 2. The zero-order valence-corrected chi connectivity index (χ0v) is 24.5. The van der Waals surface area contributed by atoms with Crippen LogP contribution in [0, 0.1) is 22.2 Å². The minimum absolute atomic E-state index is 0.110. The van der Waals surface area contributed by atoms with Crippen molar-refractivity contribution < 1.29 is 19.1 Å². The SMILES string of the molecule is CC(C)(C)OC(=O)N1CCC(n2ccc(C(=O)NC3C(C)(C)C(Oc4ccc(C#N)c(Cl)c4)C3(C)C)n2)CC1. The molecule has 0 radical (unpaired) electrons. The van der Waals surface area contributed by atoms with E-state index in [-0.39, 0.29) is 41.0 Å². The Morgan fingerprint density at radius 2 is 1.77 bits per heavy atom. The predicted octanol–water partition coefficient (Wildman–Crippen LogP) is 5.59. The van der Waals surface area contributed by atoms with Crippen LogP contribution in [0.1, 0.15) is 83.4 Å². The third kappa shape index (κ3) is 5.86. The molecule has 0 spiro atoms. The number of hydrogen-bond donors (Lipinski definition) is 1. The lowest BCUT2D eigenvalue weighted by Gasteiger charge is -2.63. The van der Waals surface area contributed by atoms with Crippen molar-refractivity contribution >= 4 is 23.6 Å². The molecule has 39 heavy (non-hydrogen) atoms. The molecule has 1 saturated carbocycles. The molecule has 2 aromatic rings. The van der Waals surface area contributed by atoms with Crippen LogP contribution < -0.4 is 10.1 Å². The van der Waals surface area contributed by atoms with Crippen molar-refractivity contribution in [2.24, 2.45) is 10.8 Å². The number of nitrogens with zero attached hydrogens (tertiary/aromatic N) is 4. The molecule has 0 unspecified atom stereocenters. The number of likely N-dealkylation sites (tertiary alicyclic amines) is 1. The molecule has 1 aromatic heterocycles. The van der Waals surface area contributed by atoms with Gasteiger partial charge >= 0.3 is 6.09 Å². The summed E-state index contributed by atoms with van der Waals surface area (Å²) in [4.78, 5) is 27.3. The van der Waals surface area contributed by atoms with Gasteiger partial charge in [-0.2, -0.15) is 10.4 Å². The van der Waals surface area contributed by atoms with E-state index in [0.717, 1.165) is 12.8 Å². The van der Waals surface area contributed by atoms with Crippen LogP contribution in [0.15, 0.2) is 30.5 Å². The highest BCUT2D eigenvalue weighted by Gasteiger charge is 2.64. The molecule has 2 aliphatic rings. The first-order valence-electron chi connectivity index (χ1n) is 13.3. The zero-order chi connectivity index (χ0) is 28.8. The summed E-state index contributed by atoms with van der Waals surface area (Å²) in [6.07, 6.45) is 2.83. The average Bonchev–Trinajstić information content (AvgIpc) is 3.35. The molecule has 9 nitrogen and oxygen atoms in total. The van der Waals surface area contributed by atoms with E-state index in [4.69, 9.17) is 26.3 Å². The number of nitriles is 1. The van der Waals surface area contributed by atoms with Crippen LogP contribution >= 0.6 is 11.6 Å². The minimum atomic E-state index is -0.523. The Hall–Kier alpha value is -3.25. The molecule has 0 atom stereocenters. The monoisotopic (exact) mass is 555 g/mol. The topological polar surface area (TPSA) is 109 Å². The van der Waals surface area contributed by atoms with Gasteiger partial charge in [0.05, 0.1) is 16.6 Å². The van der Waals surface area contributed by atoms with E-state index in [2.05, 4.69) is 44.2 Å². The molecule has 1 saturated heterocycles. The Kier molecular flexibility index (Phi) is 7.65. The van der Waals surface area contributed by atoms with Crippen LogP contribution in [-0.4, -0.2) is 57.5 Å². The first-order chi connectivity index (χ1) is 18.1. The van der Waals surface area contributed by atoms with E-state index in [9.17, 15) is 9.59 Å². The number of rotatable bonds is 5. The zero-order valence-electron chi connectivity index (χ0n) is 23.7. The Morgan fingerprint density at radius 1 is 1.13 bits per heavy atom. The van der Waals surface area contributed by atoms with E-state index >= 15 is 0 Å². The average molecular weight is 556 g/mol. The highest BCUT2D eigenvalue weighted by Crippen LogP contribution is 2.55. The molecule has 2 heterocycles. The fourth-order valence-electron chi connectivity index (χ4n) is 6.10. The first kappa shape index (κ1) is 28.8. The highest BCUT2D eigenvalue weighted by atomic mass is 35.5. The van der Waals surface area contributed by atoms with Crippen molar-refractivity contribution in [3.63, 3.8) is 0 Å². The van der Waals surface area contributed by atoms with Gasteiger partial charge in [-0.05, 0) is 51.8 Å². The van der Waals surface area contributed by atoms with Crippen molar-refractivity contribution in [1.82, 2.24) is 20.0 Å². The van der Waals surface area contributed by atoms with Gasteiger partial charge in [0.25, 0.3) is 5.91 Å². The summed E-state index contributed by atoms with van der Waals surface area (Å²) in [5.41, 5.74) is -0.493. The van der Waals surface area contributed by atoms with Crippen LogP contribution in [0.3, 0.4) is 0 Å². The number of nitrogens with one attached hydrogen (secondary N) is 1. The molecular formula is C29H38ClN5O4. The third-order valence-electron chi connectivity index (χ3n) is 7.76. The second kappa shape index (κ2) is 10.4. The predicted molar refractivity (Wildman–Crippen MR) is 148 cm³/mol. The minimum Gasteiger partial charge on any atom is -0.489 e. The maximum absolute atomic E-state index is 13.2. The van der Waals surface area contributed by atoms with Gasteiger partial charge in [-0.25, -0.2) is 4.79 Å². The quantitative estimate of drug-likeness (QED) is 0.515. The molecule has 0 bridgehead atoms. The maximum atomic E-state index is 13.2. The van der Waals surface area contributed by atoms with E-state index in [0.29, 0.717) is 35.1 Å². The molecule has 1 aromatic carbocycles. The molecule has 1 aliphatic heterocycles. The number of carbonyl (C=O) groups excluding carboxylic acids is 2. The van der Waals surface area contributed by atoms with Crippen LogP contribution in [-0.2, 0) is 4.74 Å². The summed E-state index contributed by atoms with van der Waals surface area (Å²) in [7, 11) is 0. The summed E-state index contributed by atoms with van der Waals surface area (Å²) >= 11 is 6.19. The number of ether oxygens (including phenoxy) is 2.